The van der Waals surface area contributed by atoms with Crippen LogP contribution in [0.15, 0.2) is 76.2 Å². The van der Waals surface area contributed by atoms with E-state index in [1.807, 2.05) is 10.8 Å². The van der Waals surface area contributed by atoms with E-state index in [1.165, 1.54) is 36.6 Å². The highest BCUT2D eigenvalue weighted by molar-refractivity contribution is 7.90. The van der Waals surface area contributed by atoms with Gasteiger partial charge in [0.05, 0.1) is 11.2 Å². The number of hydrogen-bond acceptors (Lipinski definition) is 6. The second-order valence-electron chi connectivity index (χ2n) is 6.17. The number of urea groups is 1. The summed E-state index contributed by atoms with van der Waals surface area (Å²) < 4.78 is 37.7. The van der Waals surface area contributed by atoms with Gasteiger partial charge < -0.3 is 20.2 Å². The Hall–Kier alpha value is -3.79. The fraction of sp³-hybridized carbons (Fsp3) is 0.100. The van der Waals surface area contributed by atoms with E-state index in [2.05, 4.69) is 5.32 Å². The van der Waals surface area contributed by atoms with Crippen molar-refractivity contribution in [3.8, 4) is 5.75 Å². The molecule has 0 saturated heterocycles. The number of para-hydroxylation sites is 1. The fourth-order valence-electron chi connectivity index (χ4n) is 2.53. The second kappa shape index (κ2) is 9.14. The molecule has 0 atom stereocenters. The van der Waals surface area contributed by atoms with Gasteiger partial charge in [-0.05, 0) is 35.9 Å². The van der Waals surface area contributed by atoms with Crippen LogP contribution in [-0.4, -0.2) is 20.4 Å². The van der Waals surface area contributed by atoms with Crippen LogP contribution in [0.1, 0.15) is 21.7 Å². The molecule has 0 saturated carbocycles. The first kappa shape index (κ1) is 20.9. The second-order valence-corrected chi connectivity index (χ2v) is 7.86. The van der Waals surface area contributed by atoms with Crippen molar-refractivity contribution in [3.05, 3.63) is 83.8 Å². The first-order valence-corrected chi connectivity index (χ1v) is 10.3. The predicted molar refractivity (Wildman–Crippen MR) is 107 cm³/mol. The van der Waals surface area contributed by atoms with Crippen molar-refractivity contribution in [1.29, 1.82) is 0 Å². The Balaban J connectivity index is 1.66. The van der Waals surface area contributed by atoms with Crippen molar-refractivity contribution in [2.24, 2.45) is 5.73 Å². The molecule has 0 fully saturated rings. The maximum atomic E-state index is 12.5. The van der Waals surface area contributed by atoms with Gasteiger partial charge in [-0.25, -0.2) is 17.9 Å². The van der Waals surface area contributed by atoms with Crippen LogP contribution in [-0.2, 0) is 23.2 Å². The molecule has 0 aliphatic carbocycles. The Labute approximate surface area is 172 Å². The first-order chi connectivity index (χ1) is 14.3. The van der Waals surface area contributed by atoms with E-state index in [-0.39, 0.29) is 23.8 Å². The molecule has 9 nitrogen and oxygen atoms in total. The minimum Gasteiger partial charge on any atom is -0.489 e. The lowest BCUT2D eigenvalue weighted by Gasteiger charge is -2.09. The molecule has 30 heavy (non-hydrogen) atoms. The van der Waals surface area contributed by atoms with E-state index in [0.717, 1.165) is 0 Å². The Kier molecular flexibility index (Phi) is 6.38. The zero-order valence-electron chi connectivity index (χ0n) is 15.7. The summed E-state index contributed by atoms with van der Waals surface area (Å²) in [4.78, 5) is 23.1. The van der Waals surface area contributed by atoms with Gasteiger partial charge in [0, 0.05) is 12.1 Å². The molecule has 0 spiro atoms. The van der Waals surface area contributed by atoms with Crippen LogP contribution < -0.4 is 20.5 Å². The number of primary amides is 1. The molecule has 1 aromatic heterocycles. The van der Waals surface area contributed by atoms with Gasteiger partial charge in [-0.3, -0.25) is 4.79 Å². The number of benzene rings is 2. The van der Waals surface area contributed by atoms with Crippen molar-refractivity contribution < 1.29 is 27.2 Å². The number of amides is 3. The highest BCUT2D eigenvalue weighted by atomic mass is 32.2. The van der Waals surface area contributed by atoms with Crippen molar-refractivity contribution >= 4 is 22.0 Å². The smallest absolute Gasteiger partial charge is 0.312 e. The molecule has 3 rings (SSSR count). The molecule has 3 aromatic rings. The zero-order chi connectivity index (χ0) is 21.6. The topological polar surface area (TPSA) is 141 Å². The highest BCUT2D eigenvalue weighted by Gasteiger charge is 2.23. The monoisotopic (exact) mass is 429 g/mol. The first-order valence-electron chi connectivity index (χ1n) is 8.79. The summed E-state index contributed by atoms with van der Waals surface area (Å²) in [7, 11) is -4.13. The Bertz CT molecular complexity index is 1120. The minimum absolute atomic E-state index is 0.0326. The zero-order valence-corrected chi connectivity index (χ0v) is 16.5. The number of sulfonamides is 1. The number of nitrogens with two attached hydrogens (primary N) is 1. The summed E-state index contributed by atoms with van der Waals surface area (Å²) in [6, 6.07) is 15.4. The van der Waals surface area contributed by atoms with E-state index in [9.17, 15) is 18.0 Å². The molecular formula is C20H19N3O6S. The Morgan fingerprint density at radius 3 is 2.37 bits per heavy atom. The van der Waals surface area contributed by atoms with Gasteiger partial charge >= 0.3 is 11.9 Å². The Morgan fingerprint density at radius 2 is 1.70 bits per heavy atom. The molecule has 0 aliphatic heterocycles. The van der Waals surface area contributed by atoms with E-state index in [1.54, 1.807) is 24.3 Å². The summed E-state index contributed by atoms with van der Waals surface area (Å²) >= 11 is 0. The molecule has 0 bridgehead atoms. The normalized spacial score (nSPS) is 10.9. The molecular weight excluding hydrogens is 410 g/mol. The molecule has 3 amide bonds. The minimum atomic E-state index is -4.13. The van der Waals surface area contributed by atoms with Crippen LogP contribution in [0.3, 0.4) is 0 Å². The lowest BCUT2D eigenvalue weighted by atomic mass is 10.2. The van der Waals surface area contributed by atoms with E-state index < -0.39 is 22.0 Å². The lowest BCUT2D eigenvalue weighted by Crippen LogP contribution is -2.31. The van der Waals surface area contributed by atoms with Gasteiger partial charge in [0.1, 0.15) is 12.4 Å². The van der Waals surface area contributed by atoms with Gasteiger partial charge in [-0.15, -0.1) is 0 Å². The number of carbonyl (C=O) groups is 2. The molecule has 0 aliphatic rings. The lowest BCUT2D eigenvalue weighted by molar-refractivity contribution is 0.0951. The standard InChI is InChI=1S/C20H19N3O6S/c21-20(25)22-12-14-6-8-17(9-7-14)30(26,27)23-19(24)18-15(10-11-28-18)13-29-16-4-2-1-3-5-16/h1-11H,12-13H2,(H,23,24)(H3,21,22,25). The van der Waals surface area contributed by atoms with E-state index in [4.69, 9.17) is 14.9 Å². The molecule has 4 N–H and O–H groups in total. The molecule has 0 radical (unpaired) electrons. The average Bonchev–Trinajstić information content (AvgIpc) is 3.20. The third kappa shape index (κ3) is 5.39. The number of nitrogens with one attached hydrogen (secondary N) is 2. The van der Waals surface area contributed by atoms with E-state index >= 15 is 0 Å². The summed E-state index contributed by atoms with van der Waals surface area (Å²) in [5, 5.41) is 2.40. The maximum Gasteiger partial charge on any atom is 0.312 e. The molecule has 156 valence electrons. The number of carbonyl (C=O) groups excluding carboxylic acids is 2. The average molecular weight is 429 g/mol. The summed E-state index contributed by atoms with van der Waals surface area (Å²) in [6.07, 6.45) is 1.28. The number of rotatable bonds is 8. The molecule has 10 heteroatoms. The van der Waals surface area contributed by atoms with Crippen molar-refractivity contribution in [1.82, 2.24) is 10.0 Å². The molecule has 1 heterocycles. The SMILES string of the molecule is NC(=O)NCc1ccc(S(=O)(=O)NC(=O)c2occc2COc2ccccc2)cc1. The summed E-state index contributed by atoms with van der Waals surface area (Å²) in [5.41, 5.74) is 6.04. The summed E-state index contributed by atoms with van der Waals surface area (Å²) in [5.74, 6) is -0.466. The molecule has 0 unspecified atom stereocenters. The maximum absolute atomic E-state index is 12.5. The van der Waals surface area contributed by atoms with Crippen molar-refractivity contribution in [2.45, 2.75) is 18.0 Å². The van der Waals surface area contributed by atoms with Crippen molar-refractivity contribution in [3.63, 3.8) is 0 Å². The van der Waals surface area contributed by atoms with Gasteiger partial charge in [-0.1, -0.05) is 30.3 Å². The van der Waals surface area contributed by atoms with Crippen LogP contribution in [0.25, 0.3) is 0 Å². The van der Waals surface area contributed by atoms with Gasteiger partial charge in [0.2, 0.25) is 0 Å². The van der Waals surface area contributed by atoms with Gasteiger partial charge in [0.15, 0.2) is 5.76 Å². The van der Waals surface area contributed by atoms with Crippen LogP contribution in [0, 0.1) is 0 Å². The summed E-state index contributed by atoms with van der Waals surface area (Å²) in [6.45, 7) is 0.185. The third-order valence-electron chi connectivity index (χ3n) is 4.02. The van der Waals surface area contributed by atoms with Crippen LogP contribution in [0.5, 0.6) is 5.75 Å². The number of furan rings is 1. The van der Waals surface area contributed by atoms with Gasteiger partial charge in [-0.2, -0.15) is 0 Å². The number of hydrogen-bond donors (Lipinski definition) is 3. The van der Waals surface area contributed by atoms with Crippen LogP contribution in [0.2, 0.25) is 0 Å². The van der Waals surface area contributed by atoms with Crippen molar-refractivity contribution in [2.75, 3.05) is 0 Å². The van der Waals surface area contributed by atoms with Gasteiger partial charge in [0.25, 0.3) is 10.0 Å². The fourth-order valence-corrected chi connectivity index (χ4v) is 3.48. The largest absolute Gasteiger partial charge is 0.489 e. The van der Waals surface area contributed by atoms with Crippen LogP contribution in [0.4, 0.5) is 4.79 Å². The molecule has 2 aromatic carbocycles. The quantitative estimate of drug-likeness (QED) is 0.501. The highest BCUT2D eigenvalue weighted by Crippen LogP contribution is 2.17. The predicted octanol–water partition coefficient (Wildman–Crippen LogP) is 2.15. The van der Waals surface area contributed by atoms with Crippen LogP contribution >= 0.6 is 0 Å². The Morgan fingerprint density at radius 1 is 1.00 bits per heavy atom. The third-order valence-corrected chi connectivity index (χ3v) is 5.36. The number of ether oxygens (including phenoxy) is 1. The van der Waals surface area contributed by atoms with E-state index in [0.29, 0.717) is 16.9 Å².